The van der Waals surface area contributed by atoms with Crippen LogP contribution < -0.4 is 16.1 Å². The SMILES string of the molecule is CC(=O)O.N=C(N)NOc1ccccc1. The zero-order valence-electron chi connectivity index (χ0n) is 8.23. The highest BCUT2D eigenvalue weighted by Crippen LogP contribution is 2.05. The van der Waals surface area contributed by atoms with Crippen molar-refractivity contribution in [3.63, 3.8) is 0 Å². The molecule has 15 heavy (non-hydrogen) atoms. The van der Waals surface area contributed by atoms with Gasteiger partial charge in [0, 0.05) is 6.92 Å². The number of nitrogens with two attached hydrogens (primary N) is 1. The van der Waals surface area contributed by atoms with Gasteiger partial charge in [0.25, 0.3) is 5.97 Å². The minimum atomic E-state index is -0.833. The first-order valence-corrected chi connectivity index (χ1v) is 4.04. The van der Waals surface area contributed by atoms with Crippen LogP contribution in [0, 0.1) is 5.41 Å². The zero-order valence-corrected chi connectivity index (χ0v) is 8.23. The molecule has 6 heteroatoms. The van der Waals surface area contributed by atoms with Crippen molar-refractivity contribution in [2.45, 2.75) is 6.92 Å². The third kappa shape index (κ3) is 9.68. The van der Waals surface area contributed by atoms with Crippen molar-refractivity contribution >= 4 is 11.9 Å². The van der Waals surface area contributed by atoms with Gasteiger partial charge >= 0.3 is 0 Å². The summed E-state index contributed by atoms with van der Waals surface area (Å²) in [4.78, 5) is 13.9. The van der Waals surface area contributed by atoms with Crippen molar-refractivity contribution in [2.75, 3.05) is 0 Å². The fraction of sp³-hybridized carbons (Fsp3) is 0.111. The molecule has 0 saturated carbocycles. The number of carboxylic acids is 1. The molecule has 0 amide bonds. The molecule has 1 aromatic rings. The summed E-state index contributed by atoms with van der Waals surface area (Å²) >= 11 is 0. The summed E-state index contributed by atoms with van der Waals surface area (Å²) in [6, 6.07) is 9.06. The van der Waals surface area contributed by atoms with Gasteiger partial charge in [-0.25, -0.2) is 0 Å². The summed E-state index contributed by atoms with van der Waals surface area (Å²) in [5.74, 6) is -0.420. The number of rotatable bonds is 2. The number of para-hydroxylation sites is 1. The molecular formula is C9H13N3O3. The molecule has 0 aliphatic carbocycles. The molecule has 1 rings (SSSR count). The largest absolute Gasteiger partial charge is 0.481 e. The maximum Gasteiger partial charge on any atom is 0.300 e. The van der Waals surface area contributed by atoms with Crippen LogP contribution in [0.1, 0.15) is 6.92 Å². The highest BCUT2D eigenvalue weighted by molar-refractivity contribution is 5.73. The van der Waals surface area contributed by atoms with Gasteiger partial charge in [0.15, 0.2) is 5.75 Å². The van der Waals surface area contributed by atoms with Crippen molar-refractivity contribution in [2.24, 2.45) is 5.73 Å². The predicted molar refractivity (Wildman–Crippen MR) is 55.4 cm³/mol. The second kappa shape index (κ2) is 7.19. The molecule has 0 aliphatic heterocycles. The Morgan fingerprint density at radius 3 is 2.33 bits per heavy atom. The third-order valence-corrected chi connectivity index (χ3v) is 1.02. The Bertz CT molecular complexity index is 310. The average Bonchev–Trinajstić information content (AvgIpc) is 2.15. The Hall–Kier alpha value is -2.24. The van der Waals surface area contributed by atoms with Crippen LogP contribution in [0.15, 0.2) is 30.3 Å². The minimum Gasteiger partial charge on any atom is -0.481 e. The van der Waals surface area contributed by atoms with Crippen LogP contribution in [0.2, 0.25) is 0 Å². The Morgan fingerprint density at radius 2 is 1.93 bits per heavy atom. The lowest BCUT2D eigenvalue weighted by molar-refractivity contribution is -0.134. The van der Waals surface area contributed by atoms with Gasteiger partial charge in [0.2, 0.25) is 5.96 Å². The molecule has 5 N–H and O–H groups in total. The maximum atomic E-state index is 9.00. The van der Waals surface area contributed by atoms with Gasteiger partial charge in [-0.2, -0.15) is 5.48 Å². The Kier molecular flexibility index (Phi) is 6.12. The van der Waals surface area contributed by atoms with E-state index >= 15 is 0 Å². The number of nitrogens with one attached hydrogen (secondary N) is 2. The fourth-order valence-corrected chi connectivity index (χ4v) is 0.602. The Morgan fingerprint density at radius 1 is 1.47 bits per heavy atom. The summed E-state index contributed by atoms with van der Waals surface area (Å²) in [7, 11) is 0. The molecule has 0 unspecified atom stereocenters. The fourth-order valence-electron chi connectivity index (χ4n) is 0.602. The first-order valence-electron chi connectivity index (χ1n) is 4.04. The molecule has 0 saturated heterocycles. The van der Waals surface area contributed by atoms with E-state index in [1.54, 1.807) is 12.1 Å². The van der Waals surface area contributed by atoms with Crippen molar-refractivity contribution in [3.8, 4) is 5.75 Å². The number of carboxylic acid groups (broad SMARTS) is 1. The first-order chi connectivity index (χ1) is 7.02. The van der Waals surface area contributed by atoms with E-state index in [9.17, 15) is 0 Å². The molecule has 0 fully saturated rings. The number of guanidine groups is 1. The normalized spacial score (nSPS) is 8.07. The smallest absolute Gasteiger partial charge is 0.300 e. The van der Waals surface area contributed by atoms with E-state index in [1.807, 2.05) is 18.2 Å². The summed E-state index contributed by atoms with van der Waals surface area (Å²) in [5, 5.41) is 14.2. The number of hydrogen-bond acceptors (Lipinski definition) is 3. The molecule has 0 radical (unpaired) electrons. The molecule has 0 aromatic heterocycles. The molecule has 0 bridgehead atoms. The third-order valence-electron chi connectivity index (χ3n) is 1.02. The lowest BCUT2D eigenvalue weighted by atomic mass is 10.3. The van der Waals surface area contributed by atoms with Crippen LogP contribution in [0.5, 0.6) is 5.75 Å². The van der Waals surface area contributed by atoms with Gasteiger partial charge in [-0.05, 0) is 12.1 Å². The van der Waals surface area contributed by atoms with Gasteiger partial charge < -0.3 is 15.7 Å². The van der Waals surface area contributed by atoms with E-state index < -0.39 is 5.97 Å². The molecule has 6 nitrogen and oxygen atoms in total. The second-order valence-electron chi connectivity index (χ2n) is 2.45. The van der Waals surface area contributed by atoms with Crippen LogP contribution in [0.4, 0.5) is 0 Å². The van der Waals surface area contributed by atoms with Gasteiger partial charge in [0.05, 0.1) is 0 Å². The maximum absolute atomic E-state index is 9.00. The van der Waals surface area contributed by atoms with E-state index in [2.05, 4.69) is 5.48 Å². The quantitative estimate of drug-likeness (QED) is 0.324. The molecule has 0 spiro atoms. The average molecular weight is 211 g/mol. The van der Waals surface area contributed by atoms with Crippen LogP contribution in [-0.4, -0.2) is 17.0 Å². The van der Waals surface area contributed by atoms with E-state index in [4.69, 9.17) is 25.9 Å². The van der Waals surface area contributed by atoms with Gasteiger partial charge in [-0.3, -0.25) is 10.2 Å². The number of hydroxylamine groups is 1. The van der Waals surface area contributed by atoms with Crippen LogP contribution in [0.3, 0.4) is 0 Å². The topological polar surface area (TPSA) is 108 Å². The zero-order chi connectivity index (χ0) is 11.7. The van der Waals surface area contributed by atoms with Crippen LogP contribution >= 0.6 is 0 Å². The van der Waals surface area contributed by atoms with Crippen LogP contribution in [-0.2, 0) is 4.79 Å². The van der Waals surface area contributed by atoms with Crippen molar-refractivity contribution < 1.29 is 14.7 Å². The second-order valence-corrected chi connectivity index (χ2v) is 2.45. The highest BCUT2D eigenvalue weighted by Gasteiger charge is 1.89. The van der Waals surface area contributed by atoms with E-state index in [0.29, 0.717) is 5.75 Å². The van der Waals surface area contributed by atoms with Gasteiger partial charge in [-0.15, -0.1) is 0 Å². The summed E-state index contributed by atoms with van der Waals surface area (Å²) < 4.78 is 0. The van der Waals surface area contributed by atoms with E-state index in [1.165, 1.54) is 0 Å². The number of hydrogen-bond donors (Lipinski definition) is 4. The predicted octanol–water partition coefficient (Wildman–Crippen LogP) is 0.554. The van der Waals surface area contributed by atoms with Gasteiger partial charge in [0.1, 0.15) is 0 Å². The molecule has 82 valence electrons. The molecule has 0 heterocycles. The van der Waals surface area contributed by atoms with E-state index in [-0.39, 0.29) is 5.96 Å². The molecule has 0 atom stereocenters. The summed E-state index contributed by atoms with van der Waals surface area (Å²) in [6.45, 7) is 1.08. The van der Waals surface area contributed by atoms with Crippen molar-refractivity contribution in [3.05, 3.63) is 30.3 Å². The standard InChI is InChI=1S/C7H9N3O.C2H4O2/c8-7(9)10-11-6-4-2-1-3-5-6;1-2(3)4/h1-5H,(H4,8,9,10);1H3,(H,3,4). The minimum absolute atomic E-state index is 0.214. The van der Waals surface area contributed by atoms with Crippen molar-refractivity contribution in [1.82, 2.24) is 5.48 Å². The lowest BCUT2D eigenvalue weighted by Gasteiger charge is -2.04. The van der Waals surface area contributed by atoms with E-state index in [0.717, 1.165) is 6.92 Å². The summed E-state index contributed by atoms with van der Waals surface area (Å²) in [5.41, 5.74) is 7.21. The number of benzene rings is 1. The molecular weight excluding hydrogens is 198 g/mol. The Labute approximate surface area is 87.1 Å². The molecule has 0 aliphatic rings. The monoisotopic (exact) mass is 211 g/mol. The van der Waals surface area contributed by atoms with Gasteiger partial charge in [-0.1, -0.05) is 18.2 Å². The van der Waals surface area contributed by atoms with Crippen LogP contribution in [0.25, 0.3) is 0 Å². The lowest BCUT2D eigenvalue weighted by Crippen LogP contribution is -2.32. The van der Waals surface area contributed by atoms with Crippen molar-refractivity contribution in [1.29, 1.82) is 5.41 Å². The Balaban J connectivity index is 0.000000423. The molecule has 1 aromatic carbocycles. The highest BCUT2D eigenvalue weighted by atomic mass is 16.6. The first kappa shape index (κ1) is 12.8. The number of carbonyl (C=O) groups is 1. The summed E-state index contributed by atoms with van der Waals surface area (Å²) in [6.07, 6.45) is 0. The number of aliphatic carboxylic acids is 1.